The molecule has 2 N–H and O–H groups in total. The van der Waals surface area contributed by atoms with Crippen molar-refractivity contribution < 1.29 is 9.90 Å². The van der Waals surface area contributed by atoms with Crippen LogP contribution in [-0.4, -0.2) is 11.0 Å². The predicted molar refractivity (Wildman–Crippen MR) is 66.4 cm³/mol. The summed E-state index contributed by atoms with van der Waals surface area (Å²) in [6, 6.07) is 7.68. The van der Waals surface area contributed by atoms with E-state index in [0.29, 0.717) is 6.42 Å². The summed E-state index contributed by atoms with van der Waals surface area (Å²) in [5.41, 5.74) is 1.58. The van der Waals surface area contributed by atoms with Crippen molar-refractivity contribution in [3.8, 4) is 0 Å². The summed E-state index contributed by atoms with van der Waals surface area (Å²) in [4.78, 5) is 11.9. The molecule has 0 aliphatic heterocycles. The van der Waals surface area contributed by atoms with Gasteiger partial charge in [-0.2, -0.15) is 0 Å². The Morgan fingerprint density at radius 3 is 2.47 bits per heavy atom. The van der Waals surface area contributed by atoms with E-state index in [9.17, 15) is 9.90 Å². The maximum atomic E-state index is 11.9. The molecule has 1 aliphatic rings. The molecule has 1 aromatic rings. The molecule has 1 aromatic carbocycles. The van der Waals surface area contributed by atoms with Gasteiger partial charge in [0.05, 0.1) is 12.1 Å². The van der Waals surface area contributed by atoms with Crippen molar-refractivity contribution in [3.63, 3.8) is 0 Å². The topological polar surface area (TPSA) is 49.3 Å². The highest BCUT2D eigenvalue weighted by molar-refractivity contribution is 5.81. The lowest BCUT2D eigenvalue weighted by atomic mass is 9.94. The normalized spacial score (nSPS) is 23.3. The minimum Gasteiger partial charge on any atom is -0.388 e. The van der Waals surface area contributed by atoms with Crippen molar-refractivity contribution in [2.45, 2.75) is 39.3 Å². The van der Waals surface area contributed by atoms with Crippen molar-refractivity contribution in [2.24, 2.45) is 5.41 Å². The number of aliphatic hydroxyl groups excluding tert-OH is 1. The molecule has 3 heteroatoms. The Morgan fingerprint density at radius 2 is 1.88 bits per heavy atom. The third-order valence-corrected chi connectivity index (χ3v) is 3.18. The molecule has 92 valence electrons. The summed E-state index contributed by atoms with van der Waals surface area (Å²) in [5, 5.41) is 12.9. The van der Waals surface area contributed by atoms with Gasteiger partial charge < -0.3 is 10.4 Å². The zero-order chi connectivity index (χ0) is 12.6. The van der Waals surface area contributed by atoms with Crippen LogP contribution in [0, 0.1) is 5.41 Å². The summed E-state index contributed by atoms with van der Waals surface area (Å²) in [6.07, 6.45) is 0.109. The van der Waals surface area contributed by atoms with Gasteiger partial charge in [0, 0.05) is 11.8 Å². The number of hydrogen-bond acceptors (Lipinski definition) is 2. The average molecular weight is 233 g/mol. The third kappa shape index (κ3) is 2.34. The standard InChI is InChI=1S/C14H19NO2/c1-14(2,3)13(17)15-11-8-12(16)10-7-5-4-6-9(10)11/h4-7,11-12,16H,8H2,1-3H3,(H,15,17). The highest BCUT2D eigenvalue weighted by atomic mass is 16.3. The Kier molecular flexibility index (Phi) is 2.96. The van der Waals surface area contributed by atoms with E-state index in [1.54, 1.807) is 0 Å². The number of fused-ring (bicyclic) bond motifs is 1. The van der Waals surface area contributed by atoms with E-state index in [1.165, 1.54) is 0 Å². The molecular weight excluding hydrogens is 214 g/mol. The molecule has 0 bridgehead atoms. The van der Waals surface area contributed by atoms with Gasteiger partial charge in [0.1, 0.15) is 0 Å². The van der Waals surface area contributed by atoms with Crippen molar-refractivity contribution in [2.75, 3.05) is 0 Å². The van der Waals surface area contributed by atoms with E-state index in [0.717, 1.165) is 11.1 Å². The smallest absolute Gasteiger partial charge is 0.225 e. The number of rotatable bonds is 1. The first kappa shape index (κ1) is 12.1. The Labute approximate surface area is 102 Å². The molecule has 3 nitrogen and oxygen atoms in total. The van der Waals surface area contributed by atoms with E-state index >= 15 is 0 Å². The molecule has 0 radical (unpaired) electrons. The first-order valence-electron chi connectivity index (χ1n) is 5.97. The molecule has 2 rings (SSSR count). The van der Waals surface area contributed by atoms with Gasteiger partial charge >= 0.3 is 0 Å². The Bertz CT molecular complexity index is 434. The van der Waals surface area contributed by atoms with Gasteiger partial charge in [-0.15, -0.1) is 0 Å². The number of benzene rings is 1. The van der Waals surface area contributed by atoms with Crippen molar-refractivity contribution in [1.29, 1.82) is 0 Å². The first-order chi connectivity index (χ1) is 7.89. The zero-order valence-corrected chi connectivity index (χ0v) is 10.5. The minimum atomic E-state index is -0.462. The molecule has 0 spiro atoms. The van der Waals surface area contributed by atoms with Gasteiger partial charge in [0.15, 0.2) is 0 Å². The second kappa shape index (κ2) is 4.15. The second-order valence-electron chi connectivity index (χ2n) is 5.66. The molecule has 0 heterocycles. The van der Waals surface area contributed by atoms with Crippen molar-refractivity contribution >= 4 is 5.91 Å². The van der Waals surface area contributed by atoms with E-state index in [4.69, 9.17) is 0 Å². The van der Waals surface area contributed by atoms with E-state index in [1.807, 2.05) is 45.0 Å². The van der Waals surface area contributed by atoms with Crippen LogP contribution in [0.15, 0.2) is 24.3 Å². The van der Waals surface area contributed by atoms with Gasteiger partial charge in [-0.05, 0) is 11.1 Å². The molecule has 0 fully saturated rings. The fourth-order valence-electron chi connectivity index (χ4n) is 2.12. The number of carbonyl (C=O) groups excluding carboxylic acids is 1. The largest absolute Gasteiger partial charge is 0.388 e. The number of amides is 1. The molecule has 1 aliphatic carbocycles. The summed E-state index contributed by atoms with van der Waals surface area (Å²) in [6.45, 7) is 5.67. The molecule has 0 aromatic heterocycles. The fourth-order valence-corrected chi connectivity index (χ4v) is 2.12. The summed E-state index contributed by atoms with van der Waals surface area (Å²) in [7, 11) is 0. The Morgan fingerprint density at radius 1 is 1.29 bits per heavy atom. The number of aliphatic hydroxyl groups is 1. The van der Waals surface area contributed by atoms with E-state index < -0.39 is 11.5 Å². The SMILES string of the molecule is CC(C)(C)C(=O)NC1CC(O)c2ccccc21. The summed E-state index contributed by atoms with van der Waals surface area (Å²) < 4.78 is 0. The van der Waals surface area contributed by atoms with Gasteiger partial charge in [0.2, 0.25) is 5.91 Å². The Balaban J connectivity index is 2.18. The number of hydrogen-bond donors (Lipinski definition) is 2. The van der Waals surface area contributed by atoms with Crippen molar-refractivity contribution in [1.82, 2.24) is 5.32 Å². The highest BCUT2D eigenvalue weighted by Gasteiger charge is 2.32. The molecule has 1 amide bonds. The lowest BCUT2D eigenvalue weighted by Crippen LogP contribution is -2.36. The van der Waals surface area contributed by atoms with Crippen LogP contribution < -0.4 is 5.32 Å². The summed E-state index contributed by atoms with van der Waals surface area (Å²) in [5.74, 6) is 0.0198. The molecule has 2 unspecified atom stereocenters. The second-order valence-corrected chi connectivity index (χ2v) is 5.66. The average Bonchev–Trinajstić information content (AvgIpc) is 2.56. The van der Waals surface area contributed by atoms with Gasteiger partial charge in [0.25, 0.3) is 0 Å². The summed E-state index contributed by atoms with van der Waals surface area (Å²) >= 11 is 0. The molecular formula is C14H19NO2. The quantitative estimate of drug-likeness (QED) is 0.782. The molecule has 2 atom stereocenters. The molecule has 0 saturated heterocycles. The lowest BCUT2D eigenvalue weighted by Gasteiger charge is -2.22. The lowest BCUT2D eigenvalue weighted by molar-refractivity contribution is -0.129. The van der Waals surface area contributed by atoms with Crippen molar-refractivity contribution in [3.05, 3.63) is 35.4 Å². The number of nitrogens with one attached hydrogen (secondary N) is 1. The van der Waals surface area contributed by atoms with E-state index in [2.05, 4.69) is 5.32 Å². The number of carbonyl (C=O) groups is 1. The fraction of sp³-hybridized carbons (Fsp3) is 0.500. The van der Waals surface area contributed by atoms with Gasteiger partial charge in [-0.25, -0.2) is 0 Å². The molecule has 0 saturated carbocycles. The van der Waals surface area contributed by atoms with Gasteiger partial charge in [-0.1, -0.05) is 45.0 Å². The maximum absolute atomic E-state index is 11.9. The highest BCUT2D eigenvalue weighted by Crippen LogP contribution is 2.38. The monoisotopic (exact) mass is 233 g/mol. The maximum Gasteiger partial charge on any atom is 0.225 e. The van der Waals surface area contributed by atoms with Crippen LogP contribution in [0.5, 0.6) is 0 Å². The first-order valence-corrected chi connectivity index (χ1v) is 5.97. The van der Waals surface area contributed by atoms with Crippen LogP contribution in [0.3, 0.4) is 0 Å². The Hall–Kier alpha value is -1.35. The van der Waals surface area contributed by atoms with E-state index in [-0.39, 0.29) is 11.9 Å². The van der Waals surface area contributed by atoms with Gasteiger partial charge in [-0.3, -0.25) is 4.79 Å². The van der Waals surface area contributed by atoms with Crippen LogP contribution in [0.1, 0.15) is 50.5 Å². The minimum absolute atomic E-state index is 0.0198. The van der Waals surface area contributed by atoms with Crippen LogP contribution in [0.25, 0.3) is 0 Å². The van der Waals surface area contributed by atoms with Crippen LogP contribution in [-0.2, 0) is 4.79 Å². The third-order valence-electron chi connectivity index (χ3n) is 3.18. The predicted octanol–water partition coefficient (Wildman–Crippen LogP) is 2.33. The van der Waals surface area contributed by atoms with Crippen LogP contribution in [0.4, 0.5) is 0 Å². The molecule has 17 heavy (non-hydrogen) atoms. The zero-order valence-electron chi connectivity index (χ0n) is 10.5. The van der Waals surface area contributed by atoms with Crippen LogP contribution >= 0.6 is 0 Å². The van der Waals surface area contributed by atoms with Crippen LogP contribution in [0.2, 0.25) is 0 Å².